The van der Waals surface area contributed by atoms with Gasteiger partial charge in [-0.1, -0.05) is 27.7 Å². The van der Waals surface area contributed by atoms with Crippen molar-refractivity contribution >= 4 is 12.0 Å². The molecule has 0 aromatic carbocycles. The van der Waals surface area contributed by atoms with E-state index in [1.165, 1.54) is 0 Å². The van der Waals surface area contributed by atoms with Crippen molar-refractivity contribution < 1.29 is 14.7 Å². The van der Waals surface area contributed by atoms with Crippen LogP contribution in [-0.2, 0) is 4.79 Å². The first-order chi connectivity index (χ1) is 9.53. The average molecular weight is 298 g/mol. The summed E-state index contributed by atoms with van der Waals surface area (Å²) in [7, 11) is 0. The molecule has 21 heavy (non-hydrogen) atoms. The van der Waals surface area contributed by atoms with Crippen molar-refractivity contribution in [3.8, 4) is 0 Å². The van der Waals surface area contributed by atoms with Crippen LogP contribution < -0.4 is 5.32 Å². The highest BCUT2D eigenvalue weighted by Crippen LogP contribution is 2.30. The molecule has 2 amide bonds. The summed E-state index contributed by atoms with van der Waals surface area (Å²) in [5.74, 6) is -0.259. The molecule has 0 spiro atoms. The Morgan fingerprint density at radius 1 is 1.38 bits per heavy atom. The van der Waals surface area contributed by atoms with Crippen molar-refractivity contribution in [2.45, 2.75) is 53.9 Å². The lowest BCUT2D eigenvalue weighted by Crippen LogP contribution is -2.41. The highest BCUT2D eigenvalue weighted by atomic mass is 16.4. The number of carbonyl (C=O) groups is 2. The quantitative estimate of drug-likeness (QED) is 0.820. The van der Waals surface area contributed by atoms with Gasteiger partial charge in [0.15, 0.2) is 0 Å². The van der Waals surface area contributed by atoms with Crippen LogP contribution in [0.3, 0.4) is 0 Å². The molecule has 0 aromatic rings. The SMILES string of the molecule is CC(CCNC(=O)N1CCC(C)(C(=O)O)C1)CC(C)(C)C. The number of hydrogen-bond acceptors (Lipinski definition) is 2. The lowest BCUT2D eigenvalue weighted by Gasteiger charge is -2.24. The van der Waals surface area contributed by atoms with E-state index in [1.807, 2.05) is 0 Å². The molecule has 0 saturated carbocycles. The topological polar surface area (TPSA) is 69.6 Å². The predicted octanol–water partition coefficient (Wildman–Crippen LogP) is 2.96. The summed E-state index contributed by atoms with van der Waals surface area (Å²) < 4.78 is 0. The van der Waals surface area contributed by atoms with E-state index in [1.54, 1.807) is 11.8 Å². The van der Waals surface area contributed by atoms with Gasteiger partial charge >= 0.3 is 12.0 Å². The highest BCUT2D eigenvalue weighted by Gasteiger charge is 2.42. The monoisotopic (exact) mass is 298 g/mol. The molecule has 5 nitrogen and oxygen atoms in total. The molecule has 0 aliphatic carbocycles. The van der Waals surface area contributed by atoms with Gasteiger partial charge in [0, 0.05) is 19.6 Å². The number of nitrogens with one attached hydrogen (secondary N) is 1. The lowest BCUT2D eigenvalue weighted by atomic mass is 9.84. The number of nitrogens with zero attached hydrogens (tertiary/aromatic N) is 1. The molecule has 1 saturated heterocycles. The van der Waals surface area contributed by atoms with Gasteiger partial charge in [0.05, 0.1) is 5.41 Å². The number of carboxylic acid groups (broad SMARTS) is 1. The fourth-order valence-corrected chi connectivity index (χ4v) is 2.99. The second-order valence-electron chi connectivity index (χ2n) is 7.93. The minimum absolute atomic E-state index is 0.136. The zero-order chi connectivity index (χ0) is 16.3. The number of carboxylic acids is 1. The number of rotatable bonds is 5. The third-order valence-electron chi connectivity index (χ3n) is 4.15. The summed E-state index contributed by atoms with van der Waals surface area (Å²) in [6, 6.07) is -0.136. The molecule has 122 valence electrons. The Kier molecular flexibility index (Phi) is 5.65. The molecule has 0 radical (unpaired) electrons. The summed E-state index contributed by atoms with van der Waals surface area (Å²) in [6.07, 6.45) is 2.60. The van der Waals surface area contributed by atoms with Crippen molar-refractivity contribution in [1.82, 2.24) is 10.2 Å². The summed E-state index contributed by atoms with van der Waals surface area (Å²) in [5.41, 5.74) is -0.488. The lowest BCUT2D eigenvalue weighted by molar-refractivity contribution is -0.146. The fourth-order valence-electron chi connectivity index (χ4n) is 2.99. The Bertz CT molecular complexity index is 389. The second-order valence-corrected chi connectivity index (χ2v) is 7.93. The van der Waals surface area contributed by atoms with Gasteiger partial charge in [-0.15, -0.1) is 0 Å². The van der Waals surface area contributed by atoms with Crippen molar-refractivity contribution in [1.29, 1.82) is 0 Å². The van der Waals surface area contributed by atoms with Crippen LogP contribution >= 0.6 is 0 Å². The molecule has 0 aromatic heterocycles. The Balaban J connectivity index is 2.31. The van der Waals surface area contributed by atoms with Gasteiger partial charge in [-0.2, -0.15) is 0 Å². The molecular weight excluding hydrogens is 268 g/mol. The molecule has 0 bridgehead atoms. The van der Waals surface area contributed by atoms with Crippen LogP contribution in [0.5, 0.6) is 0 Å². The summed E-state index contributed by atoms with van der Waals surface area (Å²) >= 11 is 0. The maximum Gasteiger partial charge on any atom is 0.317 e. The molecular formula is C16H30N2O3. The number of amides is 2. The van der Waals surface area contributed by atoms with Crippen LogP contribution in [0.25, 0.3) is 0 Å². The van der Waals surface area contributed by atoms with Crippen LogP contribution in [0.2, 0.25) is 0 Å². The molecule has 2 N–H and O–H groups in total. The molecule has 2 unspecified atom stereocenters. The number of urea groups is 1. The summed E-state index contributed by atoms with van der Waals surface area (Å²) in [6.45, 7) is 12.0. The van der Waals surface area contributed by atoms with Gasteiger partial charge in [-0.25, -0.2) is 4.79 Å². The standard InChI is InChI=1S/C16H30N2O3/c1-12(10-15(2,3)4)6-8-17-14(21)18-9-7-16(5,11-18)13(19)20/h12H,6-11H2,1-5H3,(H,17,21)(H,19,20). The van der Waals surface area contributed by atoms with E-state index < -0.39 is 11.4 Å². The second kappa shape index (κ2) is 6.67. The molecule has 1 rings (SSSR count). The van der Waals surface area contributed by atoms with Gasteiger partial charge in [-0.05, 0) is 37.5 Å². The number of likely N-dealkylation sites (tertiary alicyclic amines) is 1. The van der Waals surface area contributed by atoms with Crippen molar-refractivity contribution in [2.75, 3.05) is 19.6 Å². The van der Waals surface area contributed by atoms with Crippen molar-refractivity contribution in [3.05, 3.63) is 0 Å². The number of hydrogen-bond donors (Lipinski definition) is 2. The molecule has 1 aliphatic rings. The predicted molar refractivity (Wildman–Crippen MR) is 83.2 cm³/mol. The molecule has 1 aliphatic heterocycles. The van der Waals surface area contributed by atoms with Gasteiger partial charge in [0.1, 0.15) is 0 Å². The zero-order valence-corrected chi connectivity index (χ0v) is 14.0. The Morgan fingerprint density at radius 2 is 2.00 bits per heavy atom. The summed E-state index contributed by atoms with van der Waals surface area (Å²) in [5, 5.41) is 12.1. The van der Waals surface area contributed by atoms with Crippen molar-refractivity contribution in [2.24, 2.45) is 16.7 Å². The zero-order valence-electron chi connectivity index (χ0n) is 14.0. The maximum absolute atomic E-state index is 12.0. The van der Waals surface area contributed by atoms with E-state index in [2.05, 4.69) is 33.0 Å². The number of aliphatic carboxylic acids is 1. The average Bonchev–Trinajstić information content (AvgIpc) is 2.71. The Hall–Kier alpha value is -1.26. The molecule has 1 fully saturated rings. The summed E-state index contributed by atoms with van der Waals surface area (Å²) in [4.78, 5) is 24.8. The minimum Gasteiger partial charge on any atom is -0.481 e. The van der Waals surface area contributed by atoms with E-state index in [0.29, 0.717) is 37.4 Å². The largest absolute Gasteiger partial charge is 0.481 e. The van der Waals surface area contributed by atoms with Crippen LogP contribution in [0, 0.1) is 16.7 Å². The maximum atomic E-state index is 12.0. The third-order valence-corrected chi connectivity index (χ3v) is 4.15. The van der Waals surface area contributed by atoms with Crippen LogP contribution in [0.1, 0.15) is 53.9 Å². The number of carbonyl (C=O) groups excluding carboxylic acids is 1. The Morgan fingerprint density at radius 3 is 2.48 bits per heavy atom. The normalized spacial score (nSPS) is 24.0. The first kappa shape index (κ1) is 17.8. The highest BCUT2D eigenvalue weighted by molar-refractivity contribution is 5.79. The van der Waals surface area contributed by atoms with E-state index in [-0.39, 0.29) is 6.03 Å². The van der Waals surface area contributed by atoms with E-state index >= 15 is 0 Å². The fraction of sp³-hybridized carbons (Fsp3) is 0.875. The van der Waals surface area contributed by atoms with E-state index in [4.69, 9.17) is 0 Å². The van der Waals surface area contributed by atoms with Crippen LogP contribution in [-0.4, -0.2) is 41.6 Å². The minimum atomic E-state index is -0.823. The smallest absolute Gasteiger partial charge is 0.317 e. The van der Waals surface area contributed by atoms with Gasteiger partial charge in [0.2, 0.25) is 0 Å². The first-order valence-corrected chi connectivity index (χ1v) is 7.80. The van der Waals surface area contributed by atoms with Crippen LogP contribution in [0.4, 0.5) is 4.79 Å². The van der Waals surface area contributed by atoms with E-state index in [0.717, 1.165) is 12.8 Å². The van der Waals surface area contributed by atoms with Gasteiger partial charge in [0.25, 0.3) is 0 Å². The molecule has 1 heterocycles. The van der Waals surface area contributed by atoms with Crippen LogP contribution in [0.15, 0.2) is 0 Å². The molecule has 5 heteroatoms. The van der Waals surface area contributed by atoms with Crippen molar-refractivity contribution in [3.63, 3.8) is 0 Å². The molecule has 2 atom stereocenters. The van der Waals surface area contributed by atoms with E-state index in [9.17, 15) is 14.7 Å². The third kappa shape index (κ3) is 5.56. The van der Waals surface area contributed by atoms with Gasteiger partial charge < -0.3 is 15.3 Å². The Labute approximate surface area is 128 Å². The van der Waals surface area contributed by atoms with Gasteiger partial charge in [-0.3, -0.25) is 4.79 Å². The first-order valence-electron chi connectivity index (χ1n) is 7.80.